The van der Waals surface area contributed by atoms with E-state index in [1.54, 1.807) is 0 Å². The summed E-state index contributed by atoms with van der Waals surface area (Å²) < 4.78 is 0. The van der Waals surface area contributed by atoms with Crippen LogP contribution in [-0.4, -0.2) is 24.7 Å². The summed E-state index contributed by atoms with van der Waals surface area (Å²) in [5.74, 6) is 0.610. The highest BCUT2D eigenvalue weighted by Gasteiger charge is 2.50. The van der Waals surface area contributed by atoms with Crippen molar-refractivity contribution < 1.29 is 0 Å². The highest BCUT2D eigenvalue weighted by atomic mass is 14.9. The number of hydrogen-bond donors (Lipinski definition) is 4. The van der Waals surface area contributed by atoms with E-state index in [2.05, 4.69) is 0 Å². The highest BCUT2D eigenvalue weighted by Crippen LogP contribution is 2.50. The van der Waals surface area contributed by atoms with Crippen LogP contribution in [0.3, 0.4) is 0 Å². The van der Waals surface area contributed by atoms with E-state index in [4.69, 9.17) is 22.9 Å². The third-order valence-corrected chi connectivity index (χ3v) is 5.65. The summed E-state index contributed by atoms with van der Waals surface area (Å²) in [6.07, 6.45) is 8.91. The van der Waals surface area contributed by atoms with Gasteiger partial charge in [-0.1, -0.05) is 6.42 Å². The van der Waals surface area contributed by atoms with Crippen LogP contribution in [0.1, 0.15) is 51.4 Å². The smallest absolute Gasteiger partial charge is 0.0224 e. The Bertz CT molecular complexity index is 273. The van der Waals surface area contributed by atoms with Gasteiger partial charge in [0, 0.05) is 17.0 Å². The molecule has 0 bridgehead atoms. The SMILES string of the molecule is NCC1CCCC(CN)(C2(N)CCC(N)CC2)C1. The Morgan fingerprint density at radius 2 is 1.67 bits per heavy atom. The van der Waals surface area contributed by atoms with E-state index in [1.165, 1.54) is 19.3 Å². The second-order valence-corrected chi connectivity index (χ2v) is 6.68. The summed E-state index contributed by atoms with van der Waals surface area (Å²) in [5.41, 5.74) is 24.8. The first kappa shape index (κ1) is 14.3. The summed E-state index contributed by atoms with van der Waals surface area (Å²) in [7, 11) is 0. The summed E-state index contributed by atoms with van der Waals surface area (Å²) in [5, 5.41) is 0. The summed E-state index contributed by atoms with van der Waals surface area (Å²) in [6, 6.07) is 0.338. The van der Waals surface area contributed by atoms with Crippen molar-refractivity contribution in [3.8, 4) is 0 Å². The van der Waals surface area contributed by atoms with Crippen molar-refractivity contribution in [1.29, 1.82) is 0 Å². The average Bonchev–Trinajstić information content (AvgIpc) is 2.42. The van der Waals surface area contributed by atoms with Gasteiger partial charge in [0.15, 0.2) is 0 Å². The van der Waals surface area contributed by atoms with Crippen molar-refractivity contribution in [1.82, 2.24) is 0 Å². The first-order valence-electron chi connectivity index (χ1n) is 7.50. The summed E-state index contributed by atoms with van der Waals surface area (Å²) >= 11 is 0. The Kier molecular flexibility index (Phi) is 4.32. The lowest BCUT2D eigenvalue weighted by molar-refractivity contribution is 0.0215. The standard InChI is InChI=1S/C14H30N4/c15-9-11-2-1-5-13(8-11,10-16)14(18)6-3-12(17)4-7-14/h11-12H,1-10,15-18H2. The number of nitrogens with two attached hydrogens (primary N) is 4. The molecule has 18 heavy (non-hydrogen) atoms. The van der Waals surface area contributed by atoms with Crippen LogP contribution in [0.4, 0.5) is 0 Å². The summed E-state index contributed by atoms with van der Waals surface area (Å²) in [6.45, 7) is 1.48. The zero-order valence-electron chi connectivity index (χ0n) is 11.5. The lowest BCUT2D eigenvalue weighted by Crippen LogP contribution is -2.62. The van der Waals surface area contributed by atoms with Gasteiger partial charge in [0.1, 0.15) is 0 Å². The van der Waals surface area contributed by atoms with Gasteiger partial charge in [0.25, 0.3) is 0 Å². The van der Waals surface area contributed by atoms with Gasteiger partial charge in [-0.15, -0.1) is 0 Å². The van der Waals surface area contributed by atoms with E-state index in [9.17, 15) is 0 Å². The molecule has 2 aliphatic carbocycles. The zero-order chi connectivity index (χ0) is 13.2. The molecular weight excluding hydrogens is 224 g/mol. The zero-order valence-corrected chi connectivity index (χ0v) is 11.5. The monoisotopic (exact) mass is 254 g/mol. The Labute approximate surface area is 111 Å². The van der Waals surface area contributed by atoms with Crippen LogP contribution in [0.5, 0.6) is 0 Å². The maximum atomic E-state index is 6.78. The third-order valence-electron chi connectivity index (χ3n) is 5.65. The Hall–Kier alpha value is -0.160. The molecule has 0 aliphatic heterocycles. The molecule has 0 aromatic rings. The molecular formula is C14H30N4. The molecule has 0 aromatic carbocycles. The fourth-order valence-electron chi connectivity index (χ4n) is 4.21. The third kappa shape index (κ3) is 2.44. The second-order valence-electron chi connectivity index (χ2n) is 6.68. The summed E-state index contributed by atoms with van der Waals surface area (Å²) in [4.78, 5) is 0. The predicted molar refractivity (Wildman–Crippen MR) is 75.9 cm³/mol. The van der Waals surface area contributed by atoms with Gasteiger partial charge in [0.05, 0.1) is 0 Å². The Balaban J connectivity index is 2.15. The van der Waals surface area contributed by atoms with E-state index in [-0.39, 0.29) is 11.0 Å². The van der Waals surface area contributed by atoms with Crippen LogP contribution in [0.25, 0.3) is 0 Å². The van der Waals surface area contributed by atoms with Crippen molar-refractivity contribution >= 4 is 0 Å². The van der Waals surface area contributed by atoms with Gasteiger partial charge < -0.3 is 22.9 Å². The molecule has 2 saturated carbocycles. The molecule has 0 heterocycles. The van der Waals surface area contributed by atoms with Crippen molar-refractivity contribution in [2.24, 2.45) is 34.3 Å². The number of rotatable bonds is 3. The van der Waals surface area contributed by atoms with Gasteiger partial charge in [-0.05, 0) is 64.0 Å². The molecule has 2 fully saturated rings. The molecule has 0 amide bonds. The van der Waals surface area contributed by atoms with Gasteiger partial charge in [-0.3, -0.25) is 0 Å². The first-order valence-corrected chi connectivity index (χ1v) is 7.50. The molecule has 2 aliphatic rings. The second kappa shape index (κ2) is 5.45. The largest absolute Gasteiger partial charge is 0.330 e. The van der Waals surface area contributed by atoms with Crippen molar-refractivity contribution in [3.63, 3.8) is 0 Å². The fourth-order valence-corrected chi connectivity index (χ4v) is 4.21. The molecule has 0 radical (unpaired) electrons. The Morgan fingerprint density at radius 3 is 2.22 bits per heavy atom. The highest BCUT2D eigenvalue weighted by molar-refractivity contribution is 5.07. The maximum absolute atomic E-state index is 6.78. The van der Waals surface area contributed by atoms with E-state index < -0.39 is 0 Å². The van der Waals surface area contributed by atoms with Crippen molar-refractivity contribution in [2.45, 2.75) is 62.9 Å². The first-order chi connectivity index (χ1) is 8.55. The minimum atomic E-state index is -0.106. The van der Waals surface area contributed by atoms with Crippen LogP contribution < -0.4 is 22.9 Å². The van der Waals surface area contributed by atoms with Gasteiger partial charge in [-0.25, -0.2) is 0 Å². The molecule has 4 nitrogen and oxygen atoms in total. The van der Waals surface area contributed by atoms with Gasteiger partial charge >= 0.3 is 0 Å². The van der Waals surface area contributed by atoms with Crippen molar-refractivity contribution in [3.05, 3.63) is 0 Å². The lowest BCUT2D eigenvalue weighted by atomic mass is 9.55. The molecule has 8 N–H and O–H groups in total. The molecule has 2 atom stereocenters. The molecule has 0 spiro atoms. The van der Waals surface area contributed by atoms with E-state index >= 15 is 0 Å². The maximum Gasteiger partial charge on any atom is 0.0224 e. The van der Waals surface area contributed by atoms with Crippen molar-refractivity contribution in [2.75, 3.05) is 13.1 Å². The van der Waals surface area contributed by atoms with Gasteiger partial charge in [-0.2, -0.15) is 0 Å². The topological polar surface area (TPSA) is 104 Å². The van der Waals surface area contributed by atoms with E-state index in [0.717, 1.165) is 38.6 Å². The molecule has 106 valence electrons. The van der Waals surface area contributed by atoms with Crippen LogP contribution in [0.15, 0.2) is 0 Å². The quantitative estimate of drug-likeness (QED) is 0.594. The van der Waals surface area contributed by atoms with Crippen LogP contribution in [0.2, 0.25) is 0 Å². The average molecular weight is 254 g/mol. The molecule has 2 unspecified atom stereocenters. The van der Waals surface area contributed by atoms with E-state index in [1.807, 2.05) is 0 Å². The minimum Gasteiger partial charge on any atom is -0.330 e. The normalized spacial score (nSPS) is 46.0. The number of hydrogen-bond acceptors (Lipinski definition) is 4. The molecule has 4 heteroatoms. The van der Waals surface area contributed by atoms with Crippen LogP contribution in [-0.2, 0) is 0 Å². The van der Waals surface area contributed by atoms with Crippen LogP contribution in [0, 0.1) is 11.3 Å². The minimum absolute atomic E-state index is 0.106. The fraction of sp³-hybridized carbons (Fsp3) is 1.00. The van der Waals surface area contributed by atoms with E-state index in [0.29, 0.717) is 18.5 Å². The van der Waals surface area contributed by atoms with Gasteiger partial charge in [0.2, 0.25) is 0 Å². The van der Waals surface area contributed by atoms with Crippen LogP contribution >= 0.6 is 0 Å². The Morgan fingerprint density at radius 1 is 1.00 bits per heavy atom. The lowest BCUT2D eigenvalue weighted by Gasteiger charge is -2.54. The molecule has 0 aromatic heterocycles. The molecule has 0 saturated heterocycles. The molecule has 2 rings (SSSR count). The predicted octanol–water partition coefficient (Wildman–Crippen LogP) is 0.679.